The fourth-order valence-electron chi connectivity index (χ4n) is 3.36. The molecule has 2 aromatic rings. The molecular formula is C27H24NO+. The van der Waals surface area contributed by atoms with Gasteiger partial charge in [0.25, 0.3) is 0 Å². The van der Waals surface area contributed by atoms with Gasteiger partial charge in [-0.25, -0.2) is 4.58 Å². The largest absolute Gasteiger partial charge is 0.456 e. The third kappa shape index (κ3) is 4.27. The molecule has 0 amide bonds. The van der Waals surface area contributed by atoms with E-state index >= 15 is 0 Å². The van der Waals surface area contributed by atoms with Gasteiger partial charge in [0.15, 0.2) is 12.3 Å². The van der Waals surface area contributed by atoms with E-state index in [0.29, 0.717) is 0 Å². The molecule has 0 N–H and O–H groups in total. The van der Waals surface area contributed by atoms with Crippen molar-refractivity contribution >= 4 is 17.2 Å². The average molecular weight is 378 g/mol. The van der Waals surface area contributed by atoms with Crippen LogP contribution < -0.4 is 0 Å². The van der Waals surface area contributed by atoms with Gasteiger partial charge in [-0.15, -0.1) is 0 Å². The second-order valence-electron chi connectivity index (χ2n) is 7.02. The second-order valence-corrected chi connectivity index (χ2v) is 7.02. The van der Waals surface area contributed by atoms with Gasteiger partial charge in [-0.3, -0.25) is 0 Å². The van der Waals surface area contributed by atoms with Gasteiger partial charge < -0.3 is 4.74 Å². The molecule has 0 unspecified atom stereocenters. The molecule has 0 bridgehead atoms. The SMILES string of the molecule is C=CC[N+](C)=C1C=CC(=C2C=C(c3ccccc3)OC(c3ccccc3)=C2)C=C1. The van der Waals surface area contributed by atoms with Crippen molar-refractivity contribution in [3.63, 3.8) is 0 Å². The zero-order valence-corrected chi connectivity index (χ0v) is 16.6. The summed E-state index contributed by atoms with van der Waals surface area (Å²) in [7, 11) is 2.07. The molecule has 0 atom stereocenters. The van der Waals surface area contributed by atoms with Crippen molar-refractivity contribution in [3.8, 4) is 0 Å². The minimum atomic E-state index is 0.819. The van der Waals surface area contributed by atoms with Crippen LogP contribution in [0.5, 0.6) is 0 Å². The predicted octanol–water partition coefficient (Wildman–Crippen LogP) is 5.79. The van der Waals surface area contributed by atoms with Gasteiger partial charge in [0, 0.05) is 23.3 Å². The van der Waals surface area contributed by atoms with Gasteiger partial charge in [0.2, 0.25) is 0 Å². The second kappa shape index (κ2) is 8.57. The summed E-state index contributed by atoms with van der Waals surface area (Å²) in [6, 6.07) is 20.5. The highest BCUT2D eigenvalue weighted by Crippen LogP contribution is 2.33. The van der Waals surface area contributed by atoms with E-state index in [0.717, 1.165) is 40.3 Å². The lowest BCUT2D eigenvalue weighted by Gasteiger charge is -2.20. The third-order valence-corrected chi connectivity index (χ3v) is 4.95. The Hall–Kier alpha value is -3.65. The average Bonchev–Trinajstić information content (AvgIpc) is 2.80. The number of nitrogens with zero attached hydrogens (tertiary/aromatic N) is 1. The summed E-state index contributed by atoms with van der Waals surface area (Å²) in [4.78, 5) is 0. The van der Waals surface area contributed by atoms with Crippen molar-refractivity contribution in [1.29, 1.82) is 0 Å². The van der Waals surface area contributed by atoms with Crippen molar-refractivity contribution in [1.82, 2.24) is 0 Å². The molecule has 142 valence electrons. The summed E-state index contributed by atoms with van der Waals surface area (Å²) < 4.78 is 8.45. The van der Waals surface area contributed by atoms with Gasteiger partial charge in [-0.2, -0.15) is 0 Å². The van der Waals surface area contributed by atoms with Gasteiger partial charge in [-0.05, 0) is 41.5 Å². The molecule has 2 aromatic carbocycles. The van der Waals surface area contributed by atoms with Crippen molar-refractivity contribution in [2.24, 2.45) is 0 Å². The molecule has 0 aromatic heterocycles. The van der Waals surface area contributed by atoms with Crippen LogP contribution in [0.25, 0.3) is 11.5 Å². The van der Waals surface area contributed by atoms with E-state index in [-0.39, 0.29) is 0 Å². The minimum Gasteiger partial charge on any atom is -0.456 e. The zero-order valence-electron chi connectivity index (χ0n) is 16.6. The van der Waals surface area contributed by atoms with Crippen LogP contribution in [0.1, 0.15) is 11.1 Å². The lowest BCUT2D eigenvalue weighted by molar-refractivity contribution is -0.484. The summed E-state index contributed by atoms with van der Waals surface area (Å²) in [6.07, 6.45) is 14.8. The molecule has 2 nitrogen and oxygen atoms in total. The Kier molecular flexibility index (Phi) is 5.53. The molecule has 0 spiro atoms. The van der Waals surface area contributed by atoms with Gasteiger partial charge >= 0.3 is 0 Å². The molecular weight excluding hydrogens is 354 g/mol. The van der Waals surface area contributed by atoms with Crippen LogP contribution in [0.4, 0.5) is 0 Å². The Labute approximate surface area is 172 Å². The summed E-state index contributed by atoms with van der Waals surface area (Å²) in [5.74, 6) is 1.71. The van der Waals surface area contributed by atoms with E-state index < -0.39 is 0 Å². The van der Waals surface area contributed by atoms with Crippen molar-refractivity contribution in [3.05, 3.63) is 132 Å². The van der Waals surface area contributed by atoms with Gasteiger partial charge in [0.05, 0.1) is 0 Å². The van der Waals surface area contributed by atoms with Crippen LogP contribution in [0.3, 0.4) is 0 Å². The first kappa shape index (κ1) is 18.7. The highest BCUT2D eigenvalue weighted by atomic mass is 16.5. The van der Waals surface area contributed by atoms with Crippen molar-refractivity contribution < 1.29 is 9.31 Å². The molecule has 0 radical (unpaired) electrons. The van der Waals surface area contributed by atoms with Crippen LogP contribution in [-0.4, -0.2) is 23.9 Å². The minimum absolute atomic E-state index is 0.819. The fourth-order valence-corrected chi connectivity index (χ4v) is 3.36. The van der Waals surface area contributed by atoms with E-state index in [4.69, 9.17) is 4.74 Å². The lowest BCUT2D eigenvalue weighted by Crippen LogP contribution is -2.15. The first-order chi connectivity index (χ1) is 14.2. The van der Waals surface area contributed by atoms with Crippen LogP contribution in [-0.2, 0) is 4.74 Å². The van der Waals surface area contributed by atoms with Crippen LogP contribution in [0.2, 0.25) is 0 Å². The third-order valence-electron chi connectivity index (χ3n) is 4.95. The van der Waals surface area contributed by atoms with E-state index in [9.17, 15) is 0 Å². The molecule has 0 fully saturated rings. The summed E-state index contributed by atoms with van der Waals surface area (Å²) in [5, 5.41) is 0. The highest BCUT2D eigenvalue weighted by Gasteiger charge is 2.17. The summed E-state index contributed by atoms with van der Waals surface area (Å²) in [6.45, 7) is 4.64. The molecule has 2 aliphatic rings. The number of benzene rings is 2. The van der Waals surface area contributed by atoms with E-state index in [1.807, 2.05) is 42.5 Å². The van der Waals surface area contributed by atoms with E-state index in [1.165, 1.54) is 5.71 Å². The molecule has 4 rings (SSSR count). The topological polar surface area (TPSA) is 12.2 Å². The van der Waals surface area contributed by atoms with Gasteiger partial charge in [0.1, 0.15) is 18.6 Å². The van der Waals surface area contributed by atoms with E-state index in [1.54, 1.807) is 0 Å². The maximum atomic E-state index is 6.29. The molecule has 1 aliphatic carbocycles. The molecule has 2 heteroatoms. The smallest absolute Gasteiger partial charge is 0.199 e. The Morgan fingerprint density at radius 3 is 1.76 bits per heavy atom. The standard InChI is InChI=1S/C27H24NO/c1-3-18-28(2)25-16-14-21(15-17-25)24-19-26(22-10-6-4-7-11-22)29-27(20-24)23-12-8-5-9-13-23/h3-17,19-20H,1,18H2,2H3/q+1. The molecule has 1 heterocycles. The maximum Gasteiger partial charge on any atom is 0.199 e. The summed E-state index contributed by atoms with van der Waals surface area (Å²) >= 11 is 0. The first-order valence-corrected chi connectivity index (χ1v) is 9.76. The summed E-state index contributed by atoms with van der Waals surface area (Å²) in [5.41, 5.74) is 5.58. The zero-order chi connectivity index (χ0) is 20.1. The Morgan fingerprint density at radius 2 is 1.28 bits per heavy atom. The van der Waals surface area contributed by atoms with Crippen LogP contribution in [0, 0.1) is 0 Å². The molecule has 29 heavy (non-hydrogen) atoms. The van der Waals surface area contributed by atoms with E-state index in [2.05, 4.69) is 78.9 Å². The highest BCUT2D eigenvalue weighted by molar-refractivity contribution is 6.02. The first-order valence-electron chi connectivity index (χ1n) is 9.76. The van der Waals surface area contributed by atoms with Gasteiger partial charge in [-0.1, -0.05) is 67.2 Å². The number of allylic oxidation sites excluding steroid dienone is 8. The Bertz CT molecular complexity index is 1020. The lowest BCUT2D eigenvalue weighted by atomic mass is 9.97. The van der Waals surface area contributed by atoms with Crippen LogP contribution >= 0.6 is 0 Å². The van der Waals surface area contributed by atoms with Crippen molar-refractivity contribution in [2.75, 3.05) is 13.6 Å². The normalized spacial score (nSPS) is 15.6. The molecule has 0 saturated heterocycles. The molecule has 0 saturated carbocycles. The van der Waals surface area contributed by atoms with Crippen molar-refractivity contribution in [2.45, 2.75) is 0 Å². The quantitative estimate of drug-likeness (QED) is 0.484. The number of rotatable bonds is 4. The maximum absolute atomic E-state index is 6.29. The van der Waals surface area contributed by atoms with Crippen LogP contribution in [0.15, 0.2) is 121 Å². The fraction of sp³-hybridized carbons (Fsp3) is 0.0741. The monoisotopic (exact) mass is 378 g/mol. The molecule has 1 aliphatic heterocycles. The Balaban J connectivity index is 1.77. The number of hydrogen-bond donors (Lipinski definition) is 0. The predicted molar refractivity (Wildman–Crippen MR) is 121 cm³/mol. The Morgan fingerprint density at radius 1 is 0.759 bits per heavy atom. The number of likely N-dealkylation sites (N-methyl/N-ethyl adjacent to an activating group) is 1. The number of ether oxygens (including phenoxy) is 1. The number of hydrogen-bond acceptors (Lipinski definition) is 1.